The molecular formula is C7H11F. The largest absolute Gasteiger partial charge is 0.247 e. The molecule has 0 unspecified atom stereocenters. The van der Waals surface area contributed by atoms with Gasteiger partial charge >= 0.3 is 0 Å². The molecule has 8 heavy (non-hydrogen) atoms. The monoisotopic (exact) mass is 114 g/mol. The molecule has 1 heteroatoms. The summed E-state index contributed by atoms with van der Waals surface area (Å²) in [5.74, 6) is 0. The molecule has 0 saturated carbocycles. The van der Waals surface area contributed by atoms with Crippen molar-refractivity contribution < 1.29 is 4.39 Å². The first kappa shape index (κ1) is 7.41. The van der Waals surface area contributed by atoms with E-state index < -0.39 is 0 Å². The molecule has 0 aromatic rings. The van der Waals surface area contributed by atoms with Gasteiger partial charge in [0.25, 0.3) is 0 Å². The molecule has 0 N–H and O–H groups in total. The van der Waals surface area contributed by atoms with E-state index in [1.807, 2.05) is 26.0 Å². The van der Waals surface area contributed by atoms with E-state index in [0.29, 0.717) is 0 Å². The van der Waals surface area contributed by atoms with Crippen molar-refractivity contribution in [1.29, 1.82) is 0 Å². The summed E-state index contributed by atoms with van der Waals surface area (Å²) in [6.07, 6.45) is 5.31. The molecule has 0 aromatic carbocycles. The molecule has 0 fully saturated rings. The van der Waals surface area contributed by atoms with E-state index in [2.05, 4.69) is 0 Å². The molecule has 0 saturated heterocycles. The molecular weight excluding hydrogens is 103 g/mol. The van der Waals surface area contributed by atoms with Gasteiger partial charge in [-0.2, -0.15) is 0 Å². The zero-order valence-corrected chi connectivity index (χ0v) is 5.32. The molecule has 0 amide bonds. The highest BCUT2D eigenvalue weighted by atomic mass is 19.1. The standard InChI is InChI=1S/C7H11F/c1-3-4-7(2)5-6-8/h3-5H,6H2,1-2H3/b4-3+,7-5+. The van der Waals surface area contributed by atoms with Crippen LogP contribution in [0.4, 0.5) is 4.39 Å². The maximum Gasteiger partial charge on any atom is 0.108 e. The maximum atomic E-state index is 11.5. The summed E-state index contributed by atoms with van der Waals surface area (Å²) in [7, 11) is 0. The minimum Gasteiger partial charge on any atom is -0.247 e. The third-order valence-electron chi connectivity index (χ3n) is 0.829. The van der Waals surface area contributed by atoms with E-state index in [9.17, 15) is 4.39 Å². The molecule has 0 heterocycles. The van der Waals surface area contributed by atoms with Gasteiger partial charge in [0.15, 0.2) is 0 Å². The Morgan fingerprint density at radius 1 is 1.62 bits per heavy atom. The van der Waals surface area contributed by atoms with E-state index in [1.165, 1.54) is 0 Å². The number of hydrogen-bond donors (Lipinski definition) is 0. The molecule has 0 aliphatic heterocycles. The zero-order valence-electron chi connectivity index (χ0n) is 5.32. The second-order valence-electron chi connectivity index (χ2n) is 1.60. The zero-order chi connectivity index (χ0) is 6.41. The fraction of sp³-hybridized carbons (Fsp3) is 0.429. The number of hydrogen-bond acceptors (Lipinski definition) is 0. The molecule has 0 aliphatic rings. The molecule has 0 bridgehead atoms. The fourth-order valence-corrected chi connectivity index (χ4v) is 0.453. The van der Waals surface area contributed by atoms with Crippen LogP contribution in [0, 0.1) is 0 Å². The number of allylic oxidation sites excluding steroid dienone is 4. The fourth-order valence-electron chi connectivity index (χ4n) is 0.453. The van der Waals surface area contributed by atoms with Crippen LogP contribution < -0.4 is 0 Å². The second kappa shape index (κ2) is 4.57. The van der Waals surface area contributed by atoms with Gasteiger partial charge in [-0.25, -0.2) is 4.39 Å². The van der Waals surface area contributed by atoms with E-state index >= 15 is 0 Å². The van der Waals surface area contributed by atoms with Gasteiger partial charge in [-0.3, -0.25) is 0 Å². The van der Waals surface area contributed by atoms with Gasteiger partial charge in [-0.15, -0.1) is 0 Å². The quantitative estimate of drug-likeness (QED) is 0.484. The van der Waals surface area contributed by atoms with Gasteiger partial charge in [0.05, 0.1) is 0 Å². The Labute approximate surface area is 49.7 Å². The summed E-state index contributed by atoms with van der Waals surface area (Å²) < 4.78 is 11.5. The van der Waals surface area contributed by atoms with Gasteiger partial charge in [-0.1, -0.05) is 23.8 Å². The normalized spacial score (nSPS) is 13.1. The van der Waals surface area contributed by atoms with Crippen molar-refractivity contribution in [2.24, 2.45) is 0 Å². The minimum atomic E-state index is -0.365. The van der Waals surface area contributed by atoms with E-state index in [4.69, 9.17) is 0 Å². The Bertz CT molecular complexity index is 101. The lowest BCUT2D eigenvalue weighted by molar-refractivity contribution is 0.560. The maximum absolute atomic E-state index is 11.5. The highest BCUT2D eigenvalue weighted by Gasteiger charge is 1.75. The molecule has 0 nitrogen and oxygen atoms in total. The van der Waals surface area contributed by atoms with Gasteiger partial charge in [0.2, 0.25) is 0 Å². The van der Waals surface area contributed by atoms with Gasteiger partial charge in [0.1, 0.15) is 6.67 Å². The third-order valence-corrected chi connectivity index (χ3v) is 0.829. The van der Waals surface area contributed by atoms with Gasteiger partial charge < -0.3 is 0 Å². The Morgan fingerprint density at radius 2 is 2.25 bits per heavy atom. The average molecular weight is 114 g/mol. The first-order valence-corrected chi connectivity index (χ1v) is 2.66. The summed E-state index contributed by atoms with van der Waals surface area (Å²) in [6, 6.07) is 0. The van der Waals surface area contributed by atoms with Crippen LogP contribution in [-0.2, 0) is 0 Å². The van der Waals surface area contributed by atoms with Crippen molar-refractivity contribution in [2.75, 3.05) is 6.67 Å². The molecule has 0 aromatic heterocycles. The summed E-state index contributed by atoms with van der Waals surface area (Å²) in [5, 5.41) is 0. The predicted octanol–water partition coefficient (Wildman–Crippen LogP) is 2.48. The number of halogens is 1. The van der Waals surface area contributed by atoms with Crippen molar-refractivity contribution in [3.8, 4) is 0 Å². The van der Waals surface area contributed by atoms with Crippen molar-refractivity contribution in [1.82, 2.24) is 0 Å². The van der Waals surface area contributed by atoms with E-state index in [1.54, 1.807) is 6.08 Å². The van der Waals surface area contributed by atoms with Crippen LogP contribution in [-0.4, -0.2) is 6.67 Å². The summed E-state index contributed by atoms with van der Waals surface area (Å²) in [5.41, 5.74) is 0.981. The number of alkyl halides is 1. The van der Waals surface area contributed by atoms with Crippen LogP contribution in [0.5, 0.6) is 0 Å². The smallest absolute Gasteiger partial charge is 0.108 e. The molecule has 0 radical (unpaired) electrons. The topological polar surface area (TPSA) is 0 Å². The predicted molar refractivity (Wildman–Crippen MR) is 34.5 cm³/mol. The molecule has 46 valence electrons. The Balaban J connectivity index is 3.61. The molecule has 0 aliphatic carbocycles. The van der Waals surface area contributed by atoms with Crippen molar-refractivity contribution in [2.45, 2.75) is 13.8 Å². The summed E-state index contributed by atoms with van der Waals surface area (Å²) in [4.78, 5) is 0. The van der Waals surface area contributed by atoms with Crippen molar-refractivity contribution in [3.05, 3.63) is 23.8 Å². The lowest BCUT2D eigenvalue weighted by Crippen LogP contribution is -1.68. The lowest BCUT2D eigenvalue weighted by Gasteiger charge is -1.84. The highest BCUT2D eigenvalue weighted by Crippen LogP contribution is 1.92. The summed E-state index contributed by atoms with van der Waals surface area (Å²) >= 11 is 0. The van der Waals surface area contributed by atoms with Crippen LogP contribution in [0.3, 0.4) is 0 Å². The van der Waals surface area contributed by atoms with Gasteiger partial charge in [0, 0.05) is 0 Å². The third kappa shape index (κ3) is 3.59. The van der Waals surface area contributed by atoms with Crippen molar-refractivity contribution >= 4 is 0 Å². The van der Waals surface area contributed by atoms with Gasteiger partial charge in [-0.05, 0) is 13.8 Å². The van der Waals surface area contributed by atoms with Crippen LogP contribution in [0.25, 0.3) is 0 Å². The average Bonchev–Trinajstić information content (AvgIpc) is 1.68. The highest BCUT2D eigenvalue weighted by molar-refractivity contribution is 5.14. The second-order valence-corrected chi connectivity index (χ2v) is 1.60. The minimum absolute atomic E-state index is 0.365. The van der Waals surface area contributed by atoms with Crippen LogP contribution in [0.15, 0.2) is 23.8 Å². The molecule has 0 atom stereocenters. The molecule has 0 spiro atoms. The Hall–Kier alpha value is -0.590. The Morgan fingerprint density at radius 3 is 2.62 bits per heavy atom. The van der Waals surface area contributed by atoms with Crippen LogP contribution in [0.2, 0.25) is 0 Å². The Kier molecular flexibility index (Phi) is 4.23. The van der Waals surface area contributed by atoms with E-state index in [0.717, 1.165) is 5.57 Å². The summed E-state index contributed by atoms with van der Waals surface area (Å²) in [6.45, 7) is 3.42. The van der Waals surface area contributed by atoms with E-state index in [-0.39, 0.29) is 6.67 Å². The molecule has 0 rings (SSSR count). The lowest BCUT2D eigenvalue weighted by atomic mass is 10.3. The van der Waals surface area contributed by atoms with Crippen molar-refractivity contribution in [3.63, 3.8) is 0 Å². The van der Waals surface area contributed by atoms with Crippen LogP contribution >= 0.6 is 0 Å². The first-order chi connectivity index (χ1) is 3.81. The first-order valence-electron chi connectivity index (χ1n) is 2.66. The number of rotatable bonds is 2. The SMILES string of the molecule is C/C=C/C(C)=C/CF. The van der Waals surface area contributed by atoms with Crippen LogP contribution in [0.1, 0.15) is 13.8 Å².